The molecule has 1 heterocycles. The molecule has 0 amide bonds. The van der Waals surface area contributed by atoms with Gasteiger partial charge in [-0.05, 0) is 15.9 Å². The summed E-state index contributed by atoms with van der Waals surface area (Å²) >= 11 is 3.19. The number of carbonyl (C=O) groups is 1. The van der Waals surface area contributed by atoms with Crippen LogP contribution in [0.15, 0.2) is 5.16 Å². The molecular weight excluding hydrogens is 240 g/mol. The lowest BCUT2D eigenvalue weighted by Crippen LogP contribution is -2.35. The summed E-state index contributed by atoms with van der Waals surface area (Å²) in [4.78, 5) is 15.9. The number of halogens is 1. The highest BCUT2D eigenvalue weighted by molar-refractivity contribution is 9.18. The van der Waals surface area contributed by atoms with Crippen molar-refractivity contribution in [2.75, 3.05) is 7.11 Å². The average Bonchev–Trinajstić information content (AvgIpc) is 2.49. The molecule has 0 aromatic carbocycles. The van der Waals surface area contributed by atoms with E-state index in [1.807, 2.05) is 0 Å². The van der Waals surface area contributed by atoms with Crippen LogP contribution in [0, 0.1) is 0 Å². The van der Waals surface area contributed by atoms with Gasteiger partial charge in [-0.3, -0.25) is 4.79 Å². The number of ether oxygens (including phenoxy) is 1. The molecule has 2 atom stereocenters. The van der Waals surface area contributed by atoms with E-state index in [2.05, 4.69) is 25.8 Å². The standard InChI is InChI=1S/C7H11BrN2O3/c1-12-7(11)5(9)2-4-3-6(8)10-13-4/h4-5H,2-3,9H2,1H3/t4-,5+/m0/s1. The van der Waals surface area contributed by atoms with Gasteiger partial charge in [0.05, 0.1) is 7.11 Å². The number of esters is 1. The van der Waals surface area contributed by atoms with Crippen LogP contribution < -0.4 is 5.73 Å². The minimum atomic E-state index is -0.636. The van der Waals surface area contributed by atoms with Gasteiger partial charge in [0.1, 0.15) is 16.8 Å². The Kier molecular flexibility index (Phi) is 3.68. The van der Waals surface area contributed by atoms with Crippen LogP contribution in [-0.4, -0.2) is 29.8 Å². The molecule has 0 aliphatic carbocycles. The summed E-state index contributed by atoms with van der Waals surface area (Å²) in [6, 6.07) is -0.636. The molecule has 1 rings (SSSR count). The predicted octanol–water partition coefficient (Wildman–Crippen LogP) is 0.374. The summed E-state index contributed by atoms with van der Waals surface area (Å²) < 4.78 is 5.23. The molecule has 5 nitrogen and oxygen atoms in total. The molecule has 0 bridgehead atoms. The third-order valence-corrected chi connectivity index (χ3v) is 2.19. The van der Waals surface area contributed by atoms with Crippen molar-refractivity contribution in [2.45, 2.75) is 25.0 Å². The van der Waals surface area contributed by atoms with Gasteiger partial charge in [-0.1, -0.05) is 5.16 Å². The number of nitrogens with two attached hydrogens (primary N) is 1. The van der Waals surface area contributed by atoms with Crippen LogP contribution in [-0.2, 0) is 14.4 Å². The largest absolute Gasteiger partial charge is 0.468 e. The lowest BCUT2D eigenvalue weighted by molar-refractivity contribution is -0.143. The number of nitrogens with zero attached hydrogens (tertiary/aromatic N) is 1. The minimum absolute atomic E-state index is 0.122. The molecule has 0 radical (unpaired) electrons. The van der Waals surface area contributed by atoms with Crippen molar-refractivity contribution in [3.63, 3.8) is 0 Å². The SMILES string of the molecule is COC(=O)[C@H](N)C[C@H]1CC(Br)=NO1. The second kappa shape index (κ2) is 4.57. The van der Waals surface area contributed by atoms with Gasteiger partial charge in [-0.15, -0.1) is 0 Å². The summed E-state index contributed by atoms with van der Waals surface area (Å²) in [6.45, 7) is 0. The Morgan fingerprint density at radius 3 is 3.15 bits per heavy atom. The summed E-state index contributed by atoms with van der Waals surface area (Å²) in [5.74, 6) is -0.424. The number of hydrogen-bond acceptors (Lipinski definition) is 5. The third kappa shape index (κ3) is 2.96. The second-order valence-corrected chi connectivity index (χ2v) is 3.68. The normalized spacial score (nSPS) is 23.3. The van der Waals surface area contributed by atoms with Crippen molar-refractivity contribution in [1.29, 1.82) is 0 Å². The molecule has 0 aromatic rings. The van der Waals surface area contributed by atoms with E-state index < -0.39 is 12.0 Å². The molecule has 0 aromatic heterocycles. The molecule has 2 N–H and O–H groups in total. The first-order valence-electron chi connectivity index (χ1n) is 3.85. The zero-order valence-corrected chi connectivity index (χ0v) is 8.78. The molecular formula is C7H11BrN2O3. The first kappa shape index (κ1) is 10.5. The zero-order chi connectivity index (χ0) is 9.84. The Bertz CT molecular complexity index is 232. The van der Waals surface area contributed by atoms with Crippen LogP contribution in [0.1, 0.15) is 12.8 Å². The minimum Gasteiger partial charge on any atom is -0.468 e. The van der Waals surface area contributed by atoms with Gasteiger partial charge < -0.3 is 15.3 Å². The molecule has 0 unspecified atom stereocenters. The van der Waals surface area contributed by atoms with Crippen molar-refractivity contribution in [1.82, 2.24) is 0 Å². The van der Waals surface area contributed by atoms with Crippen molar-refractivity contribution in [3.8, 4) is 0 Å². The van der Waals surface area contributed by atoms with Gasteiger partial charge in [0.2, 0.25) is 0 Å². The first-order valence-corrected chi connectivity index (χ1v) is 4.64. The molecule has 74 valence electrons. The Morgan fingerprint density at radius 2 is 2.69 bits per heavy atom. The molecule has 0 saturated heterocycles. The predicted molar refractivity (Wildman–Crippen MR) is 50.5 cm³/mol. The first-order chi connectivity index (χ1) is 6.13. The second-order valence-electron chi connectivity index (χ2n) is 2.76. The van der Waals surface area contributed by atoms with Crippen molar-refractivity contribution < 1.29 is 14.4 Å². The van der Waals surface area contributed by atoms with Crippen LogP contribution in [0.3, 0.4) is 0 Å². The summed E-state index contributed by atoms with van der Waals surface area (Å²) in [5, 5.41) is 3.68. The van der Waals surface area contributed by atoms with E-state index in [1.54, 1.807) is 0 Å². The van der Waals surface area contributed by atoms with E-state index in [1.165, 1.54) is 7.11 Å². The van der Waals surface area contributed by atoms with Crippen molar-refractivity contribution in [3.05, 3.63) is 0 Å². The lowest BCUT2D eigenvalue weighted by atomic mass is 10.1. The van der Waals surface area contributed by atoms with E-state index in [-0.39, 0.29) is 6.10 Å². The summed E-state index contributed by atoms with van der Waals surface area (Å²) in [6.07, 6.45) is 0.958. The maximum absolute atomic E-state index is 10.9. The monoisotopic (exact) mass is 250 g/mol. The van der Waals surface area contributed by atoms with Crippen LogP contribution in [0.4, 0.5) is 0 Å². The van der Waals surface area contributed by atoms with Gasteiger partial charge in [-0.25, -0.2) is 0 Å². The van der Waals surface area contributed by atoms with Gasteiger partial charge >= 0.3 is 5.97 Å². The zero-order valence-electron chi connectivity index (χ0n) is 7.20. The Labute approximate surface area is 84.4 Å². The van der Waals surface area contributed by atoms with Crippen molar-refractivity contribution in [2.24, 2.45) is 10.9 Å². The van der Waals surface area contributed by atoms with Crippen LogP contribution in [0.2, 0.25) is 0 Å². The quantitative estimate of drug-likeness (QED) is 0.735. The van der Waals surface area contributed by atoms with E-state index >= 15 is 0 Å². The smallest absolute Gasteiger partial charge is 0.322 e. The topological polar surface area (TPSA) is 73.9 Å². The van der Waals surface area contributed by atoms with Crippen LogP contribution >= 0.6 is 15.9 Å². The molecule has 0 spiro atoms. The number of oxime groups is 1. The van der Waals surface area contributed by atoms with Gasteiger partial charge in [-0.2, -0.15) is 0 Å². The van der Waals surface area contributed by atoms with Crippen molar-refractivity contribution >= 4 is 26.5 Å². The van der Waals surface area contributed by atoms with E-state index in [0.29, 0.717) is 12.8 Å². The number of hydrogen-bond donors (Lipinski definition) is 1. The Morgan fingerprint density at radius 1 is 2.00 bits per heavy atom. The number of rotatable bonds is 3. The summed E-state index contributed by atoms with van der Waals surface area (Å²) in [7, 11) is 1.31. The average molecular weight is 251 g/mol. The maximum atomic E-state index is 10.9. The molecule has 13 heavy (non-hydrogen) atoms. The lowest BCUT2D eigenvalue weighted by Gasteiger charge is -2.12. The Balaban J connectivity index is 2.30. The van der Waals surface area contributed by atoms with Crippen LogP contribution in [0.5, 0.6) is 0 Å². The summed E-state index contributed by atoms with van der Waals surface area (Å²) in [5.41, 5.74) is 5.53. The van der Waals surface area contributed by atoms with Gasteiger partial charge in [0.15, 0.2) is 0 Å². The highest BCUT2D eigenvalue weighted by Gasteiger charge is 2.25. The molecule has 0 fully saturated rings. The number of methoxy groups -OCH3 is 1. The molecule has 6 heteroatoms. The van der Waals surface area contributed by atoms with Crippen LogP contribution in [0.25, 0.3) is 0 Å². The third-order valence-electron chi connectivity index (χ3n) is 1.72. The van der Waals surface area contributed by atoms with E-state index in [9.17, 15) is 4.79 Å². The molecule has 1 aliphatic rings. The van der Waals surface area contributed by atoms with Gasteiger partial charge in [0, 0.05) is 12.8 Å². The Hall–Kier alpha value is -0.620. The fourth-order valence-electron chi connectivity index (χ4n) is 1.05. The number of carbonyl (C=O) groups excluding carboxylic acids is 1. The fraction of sp³-hybridized carbons (Fsp3) is 0.714. The maximum Gasteiger partial charge on any atom is 0.322 e. The van der Waals surface area contributed by atoms with E-state index in [4.69, 9.17) is 10.6 Å². The highest BCUT2D eigenvalue weighted by Crippen LogP contribution is 2.18. The molecule has 1 aliphatic heterocycles. The van der Waals surface area contributed by atoms with Gasteiger partial charge in [0.25, 0.3) is 0 Å². The molecule has 0 saturated carbocycles. The highest BCUT2D eigenvalue weighted by atomic mass is 79.9. The fourth-order valence-corrected chi connectivity index (χ4v) is 1.50. The van der Waals surface area contributed by atoms with E-state index in [0.717, 1.165) is 4.62 Å².